The van der Waals surface area contributed by atoms with Crippen LogP contribution in [-0.2, 0) is 17.8 Å². The van der Waals surface area contributed by atoms with Crippen LogP contribution in [0.5, 0.6) is 0 Å². The molecule has 1 amide bonds. The molecule has 2 aliphatic rings. The number of nitrogens with zero attached hydrogens (tertiary/aromatic N) is 2. The van der Waals surface area contributed by atoms with Crippen molar-refractivity contribution in [1.82, 2.24) is 9.88 Å². The van der Waals surface area contributed by atoms with E-state index in [4.69, 9.17) is 0 Å². The van der Waals surface area contributed by atoms with Gasteiger partial charge >= 0.3 is 0 Å². The number of amides is 1. The van der Waals surface area contributed by atoms with Crippen LogP contribution in [0.4, 0.5) is 4.39 Å². The first-order valence-electron chi connectivity index (χ1n) is 8.15. The molecule has 1 fully saturated rings. The molecule has 128 valence electrons. The van der Waals surface area contributed by atoms with Crippen molar-refractivity contribution in [3.05, 3.63) is 63.4 Å². The number of fused-ring (bicyclic) bond motifs is 1. The molecule has 1 aliphatic heterocycles. The van der Waals surface area contributed by atoms with Crippen molar-refractivity contribution in [2.45, 2.75) is 31.5 Å². The van der Waals surface area contributed by atoms with E-state index in [1.54, 1.807) is 12.3 Å². The van der Waals surface area contributed by atoms with E-state index in [1.165, 1.54) is 4.90 Å². The Hall–Kier alpha value is -2.08. The van der Waals surface area contributed by atoms with Crippen LogP contribution in [0.15, 0.2) is 41.0 Å². The van der Waals surface area contributed by atoms with Crippen LogP contribution in [0.3, 0.4) is 0 Å². The molecule has 0 atom stereocenters. The minimum atomic E-state index is -1.55. The molecule has 4 nitrogen and oxygen atoms in total. The lowest BCUT2D eigenvalue weighted by Crippen LogP contribution is -2.49. The zero-order valence-corrected chi connectivity index (χ0v) is 15.1. The Morgan fingerprint density at radius 1 is 1.24 bits per heavy atom. The Kier molecular flexibility index (Phi) is 3.95. The zero-order chi connectivity index (χ0) is 17.6. The van der Waals surface area contributed by atoms with Crippen molar-refractivity contribution in [3.8, 4) is 0 Å². The predicted octanol–water partition coefficient (Wildman–Crippen LogP) is 3.46. The van der Waals surface area contributed by atoms with Crippen molar-refractivity contribution in [1.29, 1.82) is 0 Å². The number of hydrogen-bond acceptors (Lipinski definition) is 3. The van der Waals surface area contributed by atoms with Crippen LogP contribution in [-0.4, -0.2) is 33.8 Å². The number of alkyl halides is 1. The second kappa shape index (κ2) is 6.02. The molecule has 2 heterocycles. The Bertz CT molecular complexity index is 875. The fraction of sp³-hybridized carbons (Fsp3) is 0.316. The van der Waals surface area contributed by atoms with Crippen molar-refractivity contribution < 1.29 is 14.0 Å². The monoisotopic (exact) mass is 402 g/mol. The fourth-order valence-electron chi connectivity index (χ4n) is 3.52. The molecule has 6 heteroatoms. The second-order valence-corrected chi connectivity index (χ2v) is 7.66. The molecule has 0 spiro atoms. The quantitative estimate of drug-likeness (QED) is 0.786. The molecule has 1 aromatic carbocycles. The van der Waals surface area contributed by atoms with Gasteiger partial charge in [0.25, 0.3) is 5.91 Å². The highest BCUT2D eigenvalue weighted by molar-refractivity contribution is 9.10. The molecule has 4 rings (SSSR count). The Balaban J connectivity index is 1.51. The summed E-state index contributed by atoms with van der Waals surface area (Å²) in [5, 5.41) is 0. The number of benzene rings is 1. The topological polar surface area (TPSA) is 50.3 Å². The first kappa shape index (κ1) is 16.4. The van der Waals surface area contributed by atoms with E-state index < -0.39 is 5.67 Å². The third-order valence-corrected chi connectivity index (χ3v) is 5.48. The van der Waals surface area contributed by atoms with Gasteiger partial charge in [-0.05, 0) is 45.3 Å². The van der Waals surface area contributed by atoms with Crippen molar-refractivity contribution in [2.24, 2.45) is 0 Å². The summed E-state index contributed by atoms with van der Waals surface area (Å²) in [5.74, 6) is -0.230. The summed E-state index contributed by atoms with van der Waals surface area (Å²) in [5.41, 5.74) is 1.97. The van der Waals surface area contributed by atoms with E-state index in [2.05, 4.69) is 20.9 Å². The summed E-state index contributed by atoms with van der Waals surface area (Å²) in [6.07, 6.45) is 2.25. The second-order valence-electron chi connectivity index (χ2n) is 6.80. The lowest BCUT2D eigenvalue weighted by molar-refractivity contribution is -0.135. The average molecular weight is 403 g/mol. The number of aromatic nitrogens is 1. The number of carbonyl (C=O) groups excluding carboxylic acids is 2. The highest BCUT2D eigenvalue weighted by atomic mass is 79.9. The van der Waals surface area contributed by atoms with E-state index >= 15 is 0 Å². The molecule has 0 bridgehead atoms. The number of ketones is 1. The van der Waals surface area contributed by atoms with Gasteiger partial charge in [0.05, 0.1) is 12.2 Å². The maximum Gasteiger partial charge on any atom is 0.254 e. The molecular weight excluding hydrogens is 387 g/mol. The van der Waals surface area contributed by atoms with Gasteiger partial charge in [-0.15, -0.1) is 0 Å². The summed E-state index contributed by atoms with van der Waals surface area (Å²) >= 11 is 3.49. The van der Waals surface area contributed by atoms with Gasteiger partial charge in [-0.25, -0.2) is 4.39 Å². The van der Waals surface area contributed by atoms with E-state index in [0.717, 1.165) is 21.3 Å². The molecule has 0 N–H and O–H groups in total. The SMILES string of the molecule is O=C1CC(F)(CN2Cc3cc(Cc4ncccc4Br)ccc3C2=O)C1. The summed E-state index contributed by atoms with van der Waals surface area (Å²) < 4.78 is 15.3. The van der Waals surface area contributed by atoms with E-state index in [1.807, 2.05) is 24.3 Å². The van der Waals surface area contributed by atoms with Gasteiger partial charge in [-0.2, -0.15) is 0 Å². The van der Waals surface area contributed by atoms with Gasteiger partial charge < -0.3 is 4.90 Å². The Labute approximate surface area is 153 Å². The van der Waals surface area contributed by atoms with Crippen molar-refractivity contribution >= 4 is 27.6 Å². The molecular formula is C19H16BrFN2O2. The fourth-order valence-corrected chi connectivity index (χ4v) is 3.92. The molecule has 2 aromatic rings. The smallest absolute Gasteiger partial charge is 0.254 e. The van der Waals surface area contributed by atoms with E-state index in [9.17, 15) is 14.0 Å². The first-order chi connectivity index (χ1) is 11.9. The highest BCUT2D eigenvalue weighted by Gasteiger charge is 2.47. The summed E-state index contributed by atoms with van der Waals surface area (Å²) in [4.78, 5) is 29.4. The molecule has 1 aliphatic carbocycles. The van der Waals surface area contributed by atoms with Gasteiger partial charge in [-0.3, -0.25) is 14.6 Å². The third kappa shape index (κ3) is 3.11. The number of hydrogen-bond donors (Lipinski definition) is 0. The number of rotatable bonds is 4. The molecule has 1 aromatic heterocycles. The number of Topliss-reactive ketones (excluding diaryl/α,β-unsaturated/α-hetero) is 1. The number of pyridine rings is 1. The molecule has 0 saturated heterocycles. The van der Waals surface area contributed by atoms with E-state index in [0.29, 0.717) is 18.5 Å². The summed E-state index contributed by atoms with van der Waals surface area (Å²) in [6, 6.07) is 9.53. The maximum absolute atomic E-state index is 14.4. The van der Waals surface area contributed by atoms with Gasteiger partial charge in [-0.1, -0.05) is 12.1 Å². The first-order valence-corrected chi connectivity index (χ1v) is 8.94. The standard InChI is InChI=1S/C19H16BrFN2O2/c20-16-2-1-5-22-17(16)7-12-3-4-15-13(6-12)10-23(18(15)25)11-19(21)8-14(24)9-19/h1-6H,7-11H2. The predicted molar refractivity (Wildman–Crippen MR) is 94.0 cm³/mol. The van der Waals surface area contributed by atoms with Crippen molar-refractivity contribution in [2.75, 3.05) is 6.54 Å². The summed E-state index contributed by atoms with van der Waals surface area (Å²) in [7, 11) is 0. The van der Waals surface area contributed by atoms with Crippen LogP contribution in [0, 0.1) is 0 Å². The summed E-state index contributed by atoms with van der Waals surface area (Å²) in [6.45, 7) is 0.388. The molecule has 0 radical (unpaired) electrons. The lowest BCUT2D eigenvalue weighted by atomic mass is 9.80. The minimum Gasteiger partial charge on any atom is -0.331 e. The molecule has 1 saturated carbocycles. The number of halogens is 2. The number of carbonyl (C=O) groups is 2. The largest absolute Gasteiger partial charge is 0.331 e. The van der Waals surface area contributed by atoms with Gasteiger partial charge in [0.1, 0.15) is 11.5 Å². The Morgan fingerprint density at radius 2 is 2.04 bits per heavy atom. The van der Waals surface area contributed by atoms with Crippen LogP contribution < -0.4 is 0 Å². The van der Waals surface area contributed by atoms with Crippen LogP contribution >= 0.6 is 15.9 Å². The zero-order valence-electron chi connectivity index (χ0n) is 13.5. The van der Waals surface area contributed by atoms with Crippen LogP contribution in [0.25, 0.3) is 0 Å². The normalized spacial score (nSPS) is 18.2. The van der Waals surface area contributed by atoms with Crippen LogP contribution in [0.1, 0.15) is 40.0 Å². The van der Waals surface area contributed by atoms with Gasteiger partial charge in [0, 0.05) is 42.0 Å². The molecule has 0 unspecified atom stereocenters. The average Bonchev–Trinajstić information content (AvgIpc) is 2.84. The lowest BCUT2D eigenvalue weighted by Gasteiger charge is -2.35. The van der Waals surface area contributed by atoms with Gasteiger partial charge in [0.15, 0.2) is 0 Å². The maximum atomic E-state index is 14.4. The van der Waals surface area contributed by atoms with Crippen LogP contribution in [0.2, 0.25) is 0 Å². The third-order valence-electron chi connectivity index (χ3n) is 4.76. The van der Waals surface area contributed by atoms with E-state index in [-0.39, 0.29) is 31.1 Å². The highest BCUT2D eigenvalue weighted by Crippen LogP contribution is 2.36. The van der Waals surface area contributed by atoms with Crippen molar-refractivity contribution in [3.63, 3.8) is 0 Å². The van der Waals surface area contributed by atoms with Gasteiger partial charge in [0.2, 0.25) is 0 Å². The minimum absolute atomic E-state index is 0.00657. The molecule has 25 heavy (non-hydrogen) atoms. The Morgan fingerprint density at radius 3 is 2.76 bits per heavy atom.